The van der Waals surface area contributed by atoms with Crippen molar-refractivity contribution in [1.29, 1.82) is 0 Å². The quantitative estimate of drug-likeness (QED) is 0.515. The fraction of sp³-hybridized carbons (Fsp3) is 0.440. The SMILES string of the molecule is CC=C1N2CCC(CC2)C1(CCN(C)C)Oc1ccc2c(c1)[nH]c1ccccc12.Cl.Cl. The number of hydrogen-bond acceptors (Lipinski definition) is 3. The molecule has 1 atom stereocenters. The maximum absolute atomic E-state index is 6.98. The normalized spacial score (nSPS) is 23.9. The van der Waals surface area contributed by atoms with E-state index in [1.807, 2.05) is 0 Å². The first-order valence-corrected chi connectivity index (χ1v) is 10.9. The second-order valence-electron chi connectivity index (χ2n) is 8.86. The molecular formula is C25H33Cl2N3O. The van der Waals surface area contributed by atoms with Crippen molar-refractivity contribution in [1.82, 2.24) is 14.8 Å². The van der Waals surface area contributed by atoms with Crippen LogP contribution in [0.4, 0.5) is 0 Å². The van der Waals surface area contributed by atoms with Gasteiger partial charge in [-0.2, -0.15) is 0 Å². The molecule has 1 N–H and O–H groups in total. The van der Waals surface area contributed by atoms with Crippen LogP contribution in [-0.4, -0.2) is 54.1 Å². The van der Waals surface area contributed by atoms with Gasteiger partial charge in [0.15, 0.2) is 5.60 Å². The Labute approximate surface area is 197 Å². The molecule has 2 bridgehead atoms. The van der Waals surface area contributed by atoms with Crippen molar-refractivity contribution in [3.8, 4) is 5.75 Å². The molecule has 3 aliphatic heterocycles. The molecule has 0 spiro atoms. The Balaban J connectivity index is 0.00000136. The van der Waals surface area contributed by atoms with Crippen LogP contribution < -0.4 is 4.74 Å². The first kappa shape index (κ1) is 23.8. The van der Waals surface area contributed by atoms with E-state index < -0.39 is 0 Å². The average Bonchev–Trinajstić information content (AvgIpc) is 3.11. The molecule has 3 aromatic rings. The van der Waals surface area contributed by atoms with Crippen LogP contribution in [0.3, 0.4) is 0 Å². The lowest BCUT2D eigenvalue weighted by Crippen LogP contribution is -2.60. The number of aromatic nitrogens is 1. The van der Waals surface area contributed by atoms with E-state index in [1.54, 1.807) is 0 Å². The molecule has 0 saturated carbocycles. The number of piperidine rings is 3. The minimum Gasteiger partial charge on any atom is -0.481 e. The zero-order valence-corrected chi connectivity index (χ0v) is 20.2. The summed E-state index contributed by atoms with van der Waals surface area (Å²) >= 11 is 0. The minimum atomic E-state index is -0.227. The number of ether oxygens (including phenoxy) is 1. The van der Waals surface area contributed by atoms with Crippen molar-refractivity contribution in [3.63, 3.8) is 0 Å². The highest BCUT2D eigenvalue weighted by Crippen LogP contribution is 2.48. The monoisotopic (exact) mass is 461 g/mol. The summed E-state index contributed by atoms with van der Waals surface area (Å²) in [6.07, 6.45) is 5.76. The van der Waals surface area contributed by atoms with Gasteiger partial charge in [-0.3, -0.25) is 0 Å². The zero-order valence-electron chi connectivity index (χ0n) is 18.6. The second-order valence-corrected chi connectivity index (χ2v) is 8.86. The molecule has 3 saturated heterocycles. The van der Waals surface area contributed by atoms with Crippen LogP contribution in [0.5, 0.6) is 5.75 Å². The van der Waals surface area contributed by atoms with Gasteiger partial charge in [0, 0.05) is 54.3 Å². The number of rotatable bonds is 5. The summed E-state index contributed by atoms with van der Waals surface area (Å²) in [5.41, 5.74) is 3.49. The average molecular weight is 462 g/mol. The summed E-state index contributed by atoms with van der Waals surface area (Å²) in [5.74, 6) is 1.55. The van der Waals surface area contributed by atoms with Gasteiger partial charge in [0.25, 0.3) is 0 Å². The van der Waals surface area contributed by atoms with Gasteiger partial charge in [0.1, 0.15) is 5.75 Å². The number of fused-ring (bicyclic) bond motifs is 6. The van der Waals surface area contributed by atoms with Gasteiger partial charge in [-0.05, 0) is 52.1 Å². The number of aromatic amines is 1. The van der Waals surface area contributed by atoms with E-state index in [2.05, 4.69) is 84.3 Å². The highest BCUT2D eigenvalue weighted by molar-refractivity contribution is 6.07. The molecule has 3 aliphatic rings. The van der Waals surface area contributed by atoms with E-state index in [0.717, 1.165) is 24.2 Å². The van der Waals surface area contributed by atoms with E-state index in [9.17, 15) is 0 Å². The van der Waals surface area contributed by atoms with Gasteiger partial charge in [0.05, 0.1) is 11.2 Å². The second kappa shape index (κ2) is 9.32. The van der Waals surface area contributed by atoms with Crippen LogP contribution in [0.15, 0.2) is 54.2 Å². The fourth-order valence-corrected chi connectivity index (χ4v) is 5.51. The lowest BCUT2D eigenvalue weighted by atomic mass is 9.70. The number of nitrogens with zero attached hydrogens (tertiary/aromatic N) is 2. The van der Waals surface area contributed by atoms with Gasteiger partial charge in [0.2, 0.25) is 0 Å². The molecule has 168 valence electrons. The van der Waals surface area contributed by atoms with Gasteiger partial charge >= 0.3 is 0 Å². The maximum Gasteiger partial charge on any atom is 0.152 e. The summed E-state index contributed by atoms with van der Waals surface area (Å²) in [5, 5.41) is 2.53. The fourth-order valence-electron chi connectivity index (χ4n) is 5.51. The van der Waals surface area contributed by atoms with Crippen molar-refractivity contribution < 1.29 is 4.74 Å². The third-order valence-corrected chi connectivity index (χ3v) is 6.91. The van der Waals surface area contributed by atoms with Crippen molar-refractivity contribution in [2.24, 2.45) is 5.92 Å². The van der Waals surface area contributed by atoms with Crippen LogP contribution >= 0.6 is 24.8 Å². The van der Waals surface area contributed by atoms with Gasteiger partial charge in [-0.25, -0.2) is 0 Å². The number of nitrogens with one attached hydrogen (secondary N) is 1. The third-order valence-electron chi connectivity index (χ3n) is 6.91. The highest BCUT2D eigenvalue weighted by Gasteiger charge is 2.51. The van der Waals surface area contributed by atoms with Gasteiger partial charge < -0.3 is 19.5 Å². The summed E-state index contributed by atoms with van der Waals surface area (Å²) in [4.78, 5) is 8.39. The van der Waals surface area contributed by atoms with Crippen LogP contribution in [-0.2, 0) is 0 Å². The summed E-state index contributed by atoms with van der Waals surface area (Å²) < 4.78 is 6.98. The Morgan fingerprint density at radius 2 is 1.77 bits per heavy atom. The molecule has 2 aromatic carbocycles. The Morgan fingerprint density at radius 1 is 1.06 bits per heavy atom. The highest BCUT2D eigenvalue weighted by atomic mass is 35.5. The number of para-hydroxylation sites is 1. The van der Waals surface area contributed by atoms with E-state index in [1.165, 1.54) is 47.9 Å². The molecule has 0 radical (unpaired) electrons. The predicted octanol–water partition coefficient (Wildman–Crippen LogP) is 5.86. The molecule has 31 heavy (non-hydrogen) atoms. The molecule has 0 aliphatic carbocycles. The summed E-state index contributed by atoms with van der Waals surface area (Å²) in [6, 6.07) is 15.1. The van der Waals surface area contributed by atoms with Crippen molar-refractivity contribution in [2.75, 3.05) is 33.7 Å². The first-order valence-electron chi connectivity index (χ1n) is 10.9. The summed E-state index contributed by atoms with van der Waals surface area (Å²) in [7, 11) is 4.31. The molecule has 3 fully saturated rings. The Hall–Kier alpha value is -1.88. The van der Waals surface area contributed by atoms with Gasteiger partial charge in [-0.1, -0.05) is 24.3 Å². The van der Waals surface area contributed by atoms with E-state index in [4.69, 9.17) is 4.74 Å². The molecule has 4 heterocycles. The van der Waals surface area contributed by atoms with Crippen molar-refractivity contribution in [2.45, 2.75) is 31.8 Å². The largest absolute Gasteiger partial charge is 0.481 e. The van der Waals surface area contributed by atoms with Crippen LogP contribution in [0.1, 0.15) is 26.2 Å². The summed E-state index contributed by atoms with van der Waals surface area (Å²) in [6.45, 7) is 5.53. The lowest BCUT2D eigenvalue weighted by Gasteiger charge is -2.55. The number of allylic oxidation sites excluding steroid dienone is 1. The van der Waals surface area contributed by atoms with Crippen LogP contribution in [0.25, 0.3) is 21.8 Å². The Kier molecular flexibility index (Phi) is 7.14. The smallest absolute Gasteiger partial charge is 0.152 e. The molecule has 0 amide bonds. The van der Waals surface area contributed by atoms with E-state index in [0.29, 0.717) is 5.92 Å². The molecular weight excluding hydrogens is 429 g/mol. The number of H-pyrrole nitrogens is 1. The van der Waals surface area contributed by atoms with E-state index >= 15 is 0 Å². The Morgan fingerprint density at radius 3 is 2.48 bits per heavy atom. The maximum atomic E-state index is 6.98. The number of benzene rings is 2. The van der Waals surface area contributed by atoms with Crippen LogP contribution in [0, 0.1) is 5.92 Å². The van der Waals surface area contributed by atoms with Gasteiger partial charge in [-0.15, -0.1) is 24.8 Å². The predicted molar refractivity (Wildman–Crippen MR) is 135 cm³/mol. The number of halogens is 2. The molecule has 4 nitrogen and oxygen atoms in total. The molecule has 1 aromatic heterocycles. The first-order chi connectivity index (χ1) is 14.1. The molecule has 6 rings (SSSR count). The van der Waals surface area contributed by atoms with E-state index in [-0.39, 0.29) is 30.4 Å². The van der Waals surface area contributed by atoms with Crippen molar-refractivity contribution in [3.05, 3.63) is 54.2 Å². The number of hydrogen-bond donors (Lipinski definition) is 1. The Bertz CT molecular complexity index is 1070. The van der Waals surface area contributed by atoms with Crippen molar-refractivity contribution >= 4 is 46.6 Å². The molecule has 6 heteroatoms. The standard InChI is InChI=1S/C25H31N3O.2ClH/c1-4-24-25(13-16-27(2)3,18-11-14-28(24)15-12-18)29-19-9-10-21-20-7-5-6-8-22(20)26-23(21)17-19;;/h4-10,17-18,26H,11-16H2,1-3H3;2*1H. The third kappa shape index (κ3) is 4.02. The topological polar surface area (TPSA) is 31.5 Å². The van der Waals surface area contributed by atoms with Crippen LogP contribution in [0.2, 0.25) is 0 Å². The minimum absolute atomic E-state index is 0. The molecule has 1 unspecified atom stereocenters. The zero-order chi connectivity index (χ0) is 20.0. The lowest BCUT2D eigenvalue weighted by molar-refractivity contribution is -0.0602.